The summed E-state index contributed by atoms with van der Waals surface area (Å²) >= 11 is 0. The molecular formula is C46H48N2O8. The largest absolute Gasteiger partial charge is 0.485 e. The van der Waals surface area contributed by atoms with Crippen molar-refractivity contribution < 1.29 is 38.7 Å². The van der Waals surface area contributed by atoms with E-state index in [0.717, 1.165) is 56.4 Å². The van der Waals surface area contributed by atoms with Crippen molar-refractivity contribution in [1.82, 2.24) is 0 Å². The second kappa shape index (κ2) is 23.9. The molecule has 0 aliphatic carbocycles. The number of benzene rings is 6. The lowest BCUT2D eigenvalue weighted by Crippen LogP contribution is -2.03. The standard InChI is InChI=1S/2C21H21NO2.C4H6O4/c2*22-14-19-11-12-20(23-15-17-7-3-1-4-8-17)21(13-19)24-16-18-9-5-2-6-10-18;5-3(6)1-2-4(7)8/h2*1-13H,14-16,22H2;1-2H2,(H,5,6)(H,7,8). The molecule has 0 bridgehead atoms. The van der Waals surface area contributed by atoms with Crippen LogP contribution in [0.2, 0.25) is 0 Å². The summed E-state index contributed by atoms with van der Waals surface area (Å²) in [7, 11) is 0. The predicted octanol–water partition coefficient (Wildman–Crippen LogP) is 8.54. The first-order valence-electron chi connectivity index (χ1n) is 18.1. The normalized spacial score (nSPS) is 10.1. The fourth-order valence-corrected chi connectivity index (χ4v) is 4.98. The molecule has 0 unspecified atom stereocenters. The quantitative estimate of drug-likeness (QED) is 0.0709. The highest BCUT2D eigenvalue weighted by molar-refractivity contribution is 5.75. The average molecular weight is 757 g/mol. The topological polar surface area (TPSA) is 164 Å². The second-order valence-electron chi connectivity index (χ2n) is 12.4. The predicted molar refractivity (Wildman–Crippen MR) is 216 cm³/mol. The van der Waals surface area contributed by atoms with Crippen molar-refractivity contribution >= 4 is 11.9 Å². The van der Waals surface area contributed by atoms with Crippen LogP contribution in [-0.4, -0.2) is 22.2 Å². The van der Waals surface area contributed by atoms with E-state index in [9.17, 15) is 9.59 Å². The van der Waals surface area contributed by atoms with Crippen LogP contribution >= 0.6 is 0 Å². The molecule has 6 aromatic rings. The third-order valence-electron chi connectivity index (χ3n) is 7.99. The van der Waals surface area contributed by atoms with Crippen molar-refractivity contribution in [3.8, 4) is 23.0 Å². The van der Waals surface area contributed by atoms with Gasteiger partial charge < -0.3 is 40.6 Å². The minimum Gasteiger partial charge on any atom is -0.485 e. The summed E-state index contributed by atoms with van der Waals surface area (Å²) in [5.74, 6) is 0.745. The molecule has 6 rings (SSSR count). The lowest BCUT2D eigenvalue weighted by molar-refractivity contribution is -0.143. The van der Waals surface area contributed by atoms with Gasteiger partial charge in [0.05, 0.1) is 12.8 Å². The Morgan fingerprint density at radius 2 is 0.643 bits per heavy atom. The summed E-state index contributed by atoms with van der Waals surface area (Å²) in [6.07, 6.45) is -0.593. The van der Waals surface area contributed by atoms with Crippen LogP contribution in [0, 0.1) is 0 Å². The SMILES string of the molecule is NCc1ccc(OCc2ccccc2)c(OCc2ccccc2)c1.NCc1ccc(OCc2ccccc2)c(OCc2ccccc2)c1.O=C(O)CCC(=O)O. The van der Waals surface area contributed by atoms with E-state index in [-0.39, 0.29) is 12.8 Å². The van der Waals surface area contributed by atoms with E-state index < -0.39 is 11.9 Å². The molecule has 0 heterocycles. The molecule has 0 atom stereocenters. The molecule has 0 saturated heterocycles. The monoisotopic (exact) mass is 756 g/mol. The number of ether oxygens (including phenoxy) is 4. The Morgan fingerprint density at radius 3 is 0.893 bits per heavy atom. The summed E-state index contributed by atoms with van der Waals surface area (Å²) < 4.78 is 23.8. The molecule has 0 saturated carbocycles. The van der Waals surface area contributed by atoms with Crippen LogP contribution in [0.1, 0.15) is 46.2 Å². The van der Waals surface area contributed by atoms with Crippen LogP contribution in [0.15, 0.2) is 158 Å². The van der Waals surface area contributed by atoms with Crippen LogP contribution in [-0.2, 0) is 49.1 Å². The summed E-state index contributed by atoms with van der Waals surface area (Å²) in [5, 5.41) is 15.8. The fraction of sp³-hybridized carbons (Fsp3) is 0.174. The second-order valence-corrected chi connectivity index (χ2v) is 12.4. The van der Waals surface area contributed by atoms with Crippen molar-refractivity contribution in [3.63, 3.8) is 0 Å². The lowest BCUT2D eigenvalue weighted by atomic mass is 10.2. The fourth-order valence-electron chi connectivity index (χ4n) is 4.98. The molecule has 6 aromatic carbocycles. The zero-order chi connectivity index (χ0) is 39.8. The van der Waals surface area contributed by atoms with Crippen molar-refractivity contribution in [3.05, 3.63) is 191 Å². The molecular weight excluding hydrogens is 709 g/mol. The van der Waals surface area contributed by atoms with E-state index in [1.807, 2.05) is 158 Å². The molecule has 0 aromatic heterocycles. The van der Waals surface area contributed by atoms with Crippen molar-refractivity contribution in [2.24, 2.45) is 11.5 Å². The van der Waals surface area contributed by atoms with Crippen LogP contribution in [0.25, 0.3) is 0 Å². The third-order valence-corrected chi connectivity index (χ3v) is 7.99. The van der Waals surface area contributed by atoms with Crippen LogP contribution in [0.5, 0.6) is 23.0 Å². The number of rotatable bonds is 17. The van der Waals surface area contributed by atoms with E-state index in [0.29, 0.717) is 39.5 Å². The zero-order valence-corrected chi connectivity index (χ0v) is 31.2. The number of carbonyl (C=O) groups is 2. The molecule has 6 N–H and O–H groups in total. The Kier molecular flexibility index (Phi) is 18.0. The van der Waals surface area contributed by atoms with Gasteiger partial charge in [-0.3, -0.25) is 9.59 Å². The number of aliphatic carboxylic acids is 2. The van der Waals surface area contributed by atoms with Gasteiger partial charge in [0.15, 0.2) is 23.0 Å². The maximum atomic E-state index is 9.64. The van der Waals surface area contributed by atoms with Gasteiger partial charge in [-0.25, -0.2) is 0 Å². The van der Waals surface area contributed by atoms with Gasteiger partial charge in [-0.05, 0) is 57.6 Å². The minimum atomic E-state index is -1.08. The highest BCUT2D eigenvalue weighted by atomic mass is 16.5. The van der Waals surface area contributed by atoms with Crippen molar-refractivity contribution in [1.29, 1.82) is 0 Å². The van der Waals surface area contributed by atoms with Crippen LogP contribution in [0.4, 0.5) is 0 Å². The molecule has 56 heavy (non-hydrogen) atoms. The van der Waals surface area contributed by atoms with Gasteiger partial charge in [0.2, 0.25) is 0 Å². The van der Waals surface area contributed by atoms with Gasteiger partial charge >= 0.3 is 11.9 Å². The Labute approximate surface area is 327 Å². The van der Waals surface area contributed by atoms with Crippen LogP contribution < -0.4 is 30.4 Å². The van der Waals surface area contributed by atoms with Crippen molar-refractivity contribution in [2.75, 3.05) is 0 Å². The molecule has 0 aliphatic rings. The Balaban J connectivity index is 0.000000209. The van der Waals surface area contributed by atoms with E-state index in [2.05, 4.69) is 0 Å². The number of carboxylic acid groups (broad SMARTS) is 2. The van der Waals surface area contributed by atoms with Gasteiger partial charge in [-0.15, -0.1) is 0 Å². The lowest BCUT2D eigenvalue weighted by Gasteiger charge is -2.14. The molecule has 290 valence electrons. The molecule has 10 nitrogen and oxygen atoms in total. The van der Waals surface area contributed by atoms with Gasteiger partial charge in [0.25, 0.3) is 0 Å². The maximum Gasteiger partial charge on any atom is 0.303 e. The van der Waals surface area contributed by atoms with Crippen LogP contribution in [0.3, 0.4) is 0 Å². The molecule has 10 heteroatoms. The highest BCUT2D eigenvalue weighted by Crippen LogP contribution is 2.31. The minimum absolute atomic E-state index is 0.296. The summed E-state index contributed by atoms with van der Waals surface area (Å²) in [6, 6.07) is 52.0. The Hall–Kier alpha value is -6.62. The van der Waals surface area contributed by atoms with Gasteiger partial charge in [-0.1, -0.05) is 133 Å². The third kappa shape index (κ3) is 15.8. The average Bonchev–Trinajstić information content (AvgIpc) is 3.25. The Bertz CT molecular complexity index is 1880. The molecule has 0 spiro atoms. The van der Waals surface area contributed by atoms with Gasteiger partial charge in [0, 0.05) is 13.1 Å². The molecule has 0 amide bonds. The van der Waals surface area contributed by atoms with E-state index >= 15 is 0 Å². The highest BCUT2D eigenvalue weighted by Gasteiger charge is 2.09. The van der Waals surface area contributed by atoms with E-state index in [1.165, 1.54) is 0 Å². The number of carboxylic acids is 2. The summed E-state index contributed by atoms with van der Waals surface area (Å²) in [5.41, 5.74) is 18.0. The first-order valence-corrected chi connectivity index (χ1v) is 18.1. The molecule has 0 aliphatic heterocycles. The maximum absolute atomic E-state index is 9.64. The zero-order valence-electron chi connectivity index (χ0n) is 31.2. The summed E-state index contributed by atoms with van der Waals surface area (Å²) in [4.78, 5) is 19.3. The smallest absolute Gasteiger partial charge is 0.303 e. The van der Waals surface area contributed by atoms with Gasteiger partial charge in [-0.2, -0.15) is 0 Å². The first kappa shape index (κ1) is 42.1. The molecule has 0 radical (unpaired) electrons. The summed E-state index contributed by atoms with van der Waals surface area (Å²) in [6.45, 7) is 2.95. The van der Waals surface area contributed by atoms with Gasteiger partial charge in [0.1, 0.15) is 26.4 Å². The number of hydrogen-bond acceptors (Lipinski definition) is 8. The van der Waals surface area contributed by atoms with E-state index in [4.69, 9.17) is 40.6 Å². The Morgan fingerprint density at radius 1 is 0.375 bits per heavy atom. The first-order chi connectivity index (χ1) is 27.3. The van der Waals surface area contributed by atoms with E-state index in [1.54, 1.807) is 0 Å². The molecule has 0 fully saturated rings. The van der Waals surface area contributed by atoms with Crippen molar-refractivity contribution in [2.45, 2.75) is 52.4 Å². The number of nitrogens with two attached hydrogens (primary N) is 2. The number of hydrogen-bond donors (Lipinski definition) is 4.